The number of nitrogens with zero attached hydrogens (tertiary/aromatic N) is 3. The lowest BCUT2D eigenvalue weighted by Crippen LogP contribution is -2.47. The zero-order valence-corrected chi connectivity index (χ0v) is 18.0. The standard InChI is InChI=1S/C22H20BrN3OS/c1-2-15-3-5-16(6-4-15)19-11-21(27)26-13-25(14-28-22(26)20(19)12-24)18-9-7-17(23)8-10-18/h3-10,19H,2,11,13-14H2,1H3/t19-/m1/s1. The van der Waals surface area contributed by atoms with Gasteiger partial charge in [-0.05, 0) is 41.8 Å². The van der Waals surface area contributed by atoms with Gasteiger partial charge in [0, 0.05) is 22.5 Å². The molecule has 28 heavy (non-hydrogen) atoms. The molecule has 0 spiro atoms. The third-order valence-corrected chi connectivity index (χ3v) is 6.96. The number of nitriles is 1. The highest BCUT2D eigenvalue weighted by molar-refractivity contribution is 9.10. The Hall–Kier alpha value is -2.23. The minimum atomic E-state index is -0.151. The van der Waals surface area contributed by atoms with Gasteiger partial charge in [0.1, 0.15) is 0 Å². The molecule has 2 aromatic carbocycles. The molecule has 1 fully saturated rings. The molecule has 0 saturated carbocycles. The molecule has 0 aromatic heterocycles. The van der Waals surface area contributed by atoms with E-state index in [1.807, 2.05) is 24.3 Å². The van der Waals surface area contributed by atoms with Crippen LogP contribution in [-0.4, -0.2) is 23.4 Å². The molecule has 0 aliphatic carbocycles. The predicted octanol–water partition coefficient (Wildman–Crippen LogP) is 5.23. The molecule has 1 atom stereocenters. The van der Waals surface area contributed by atoms with Gasteiger partial charge in [-0.25, -0.2) is 0 Å². The maximum Gasteiger partial charge on any atom is 0.229 e. The summed E-state index contributed by atoms with van der Waals surface area (Å²) in [5.74, 6) is 0.641. The van der Waals surface area contributed by atoms with E-state index in [4.69, 9.17) is 0 Å². The summed E-state index contributed by atoms with van der Waals surface area (Å²) in [5, 5.41) is 10.7. The Bertz CT molecular complexity index is 963. The van der Waals surface area contributed by atoms with Gasteiger partial charge >= 0.3 is 0 Å². The predicted molar refractivity (Wildman–Crippen MR) is 117 cm³/mol. The second-order valence-corrected chi connectivity index (χ2v) is 8.78. The average molecular weight is 454 g/mol. The van der Waals surface area contributed by atoms with Crippen molar-refractivity contribution in [3.63, 3.8) is 0 Å². The monoisotopic (exact) mass is 453 g/mol. The molecule has 0 bridgehead atoms. The van der Waals surface area contributed by atoms with E-state index < -0.39 is 0 Å². The van der Waals surface area contributed by atoms with Crippen molar-refractivity contribution in [2.45, 2.75) is 25.7 Å². The van der Waals surface area contributed by atoms with Gasteiger partial charge in [-0.1, -0.05) is 58.9 Å². The smallest absolute Gasteiger partial charge is 0.229 e. The average Bonchev–Trinajstić information content (AvgIpc) is 2.74. The molecule has 0 unspecified atom stereocenters. The van der Waals surface area contributed by atoms with Crippen molar-refractivity contribution in [1.82, 2.24) is 4.90 Å². The number of allylic oxidation sites excluding steroid dienone is 1. The third kappa shape index (κ3) is 3.57. The van der Waals surface area contributed by atoms with E-state index in [1.165, 1.54) is 5.56 Å². The summed E-state index contributed by atoms with van der Waals surface area (Å²) in [6.07, 6.45) is 1.32. The van der Waals surface area contributed by atoms with Crippen molar-refractivity contribution in [2.24, 2.45) is 0 Å². The number of fused-ring (bicyclic) bond motifs is 1. The molecule has 2 heterocycles. The van der Waals surface area contributed by atoms with Gasteiger partial charge in [0.2, 0.25) is 5.91 Å². The van der Waals surface area contributed by atoms with E-state index in [1.54, 1.807) is 16.7 Å². The number of anilines is 1. The summed E-state index contributed by atoms with van der Waals surface area (Å²) >= 11 is 5.03. The lowest BCUT2D eigenvalue weighted by Gasteiger charge is -2.42. The van der Waals surface area contributed by atoms with Gasteiger partial charge in [-0.3, -0.25) is 9.69 Å². The number of carbonyl (C=O) groups excluding carboxylic acids is 1. The Morgan fingerprint density at radius 1 is 1.18 bits per heavy atom. The Labute approximate surface area is 178 Å². The first-order valence-electron chi connectivity index (χ1n) is 9.27. The van der Waals surface area contributed by atoms with Crippen molar-refractivity contribution in [1.29, 1.82) is 5.26 Å². The maximum absolute atomic E-state index is 13.0. The molecule has 0 N–H and O–H groups in total. The molecular formula is C22H20BrN3OS. The summed E-state index contributed by atoms with van der Waals surface area (Å²) in [5.41, 5.74) is 4.09. The number of hydrogen-bond acceptors (Lipinski definition) is 4. The minimum Gasteiger partial charge on any atom is -0.344 e. The fraction of sp³-hybridized carbons (Fsp3) is 0.273. The summed E-state index contributed by atoms with van der Waals surface area (Å²) in [6, 6.07) is 18.8. The lowest BCUT2D eigenvalue weighted by molar-refractivity contribution is -0.129. The topological polar surface area (TPSA) is 47.3 Å². The fourth-order valence-electron chi connectivity index (χ4n) is 3.65. The SMILES string of the molecule is CCc1ccc([C@H]2CC(=O)N3CN(c4ccc(Br)cc4)CSC3=C2C#N)cc1. The number of carbonyl (C=O) groups is 1. The number of amides is 1. The zero-order valence-electron chi connectivity index (χ0n) is 15.6. The molecule has 4 nitrogen and oxygen atoms in total. The van der Waals surface area contributed by atoms with Gasteiger partial charge in [0.05, 0.1) is 29.2 Å². The van der Waals surface area contributed by atoms with Crippen molar-refractivity contribution in [3.05, 3.63) is 74.7 Å². The quantitative estimate of drug-likeness (QED) is 0.637. The van der Waals surface area contributed by atoms with Crippen LogP contribution in [0.25, 0.3) is 0 Å². The van der Waals surface area contributed by atoms with Crippen LogP contribution in [0, 0.1) is 11.3 Å². The van der Waals surface area contributed by atoms with Crippen LogP contribution < -0.4 is 4.90 Å². The molecule has 1 amide bonds. The van der Waals surface area contributed by atoms with E-state index in [-0.39, 0.29) is 11.8 Å². The summed E-state index contributed by atoms with van der Waals surface area (Å²) in [6.45, 7) is 2.60. The fourth-order valence-corrected chi connectivity index (χ4v) is 5.08. The van der Waals surface area contributed by atoms with Crippen molar-refractivity contribution < 1.29 is 4.79 Å². The molecule has 6 heteroatoms. The summed E-state index contributed by atoms with van der Waals surface area (Å²) < 4.78 is 1.03. The summed E-state index contributed by atoms with van der Waals surface area (Å²) in [7, 11) is 0. The Kier molecular flexibility index (Phi) is 5.47. The van der Waals surface area contributed by atoms with Gasteiger partial charge in [-0.15, -0.1) is 0 Å². The molecule has 2 aliphatic rings. The molecule has 1 saturated heterocycles. The van der Waals surface area contributed by atoms with Crippen LogP contribution in [0.1, 0.15) is 30.4 Å². The zero-order chi connectivity index (χ0) is 19.7. The first-order chi connectivity index (χ1) is 13.6. The van der Waals surface area contributed by atoms with Crippen LogP contribution in [0.15, 0.2) is 63.6 Å². The number of hydrogen-bond donors (Lipinski definition) is 0. The Morgan fingerprint density at radius 2 is 1.89 bits per heavy atom. The van der Waals surface area contributed by atoms with Gasteiger partial charge < -0.3 is 4.90 Å². The molecule has 2 aromatic rings. The van der Waals surface area contributed by atoms with Crippen LogP contribution >= 0.6 is 27.7 Å². The first kappa shape index (κ1) is 19.1. The van der Waals surface area contributed by atoms with E-state index in [2.05, 4.69) is 58.1 Å². The minimum absolute atomic E-state index is 0.0767. The van der Waals surface area contributed by atoms with Crippen LogP contribution in [-0.2, 0) is 11.2 Å². The van der Waals surface area contributed by atoms with Crippen molar-refractivity contribution in [2.75, 3.05) is 17.4 Å². The highest BCUT2D eigenvalue weighted by Gasteiger charge is 2.38. The normalized spacial score (nSPS) is 19.5. The number of aryl methyl sites for hydroxylation is 1. The lowest BCUT2D eigenvalue weighted by atomic mass is 9.86. The van der Waals surface area contributed by atoms with Gasteiger partial charge in [0.25, 0.3) is 0 Å². The molecule has 4 rings (SSSR count). The largest absolute Gasteiger partial charge is 0.344 e. The second kappa shape index (κ2) is 8.02. The number of halogens is 1. The van der Waals surface area contributed by atoms with E-state index >= 15 is 0 Å². The van der Waals surface area contributed by atoms with Crippen LogP contribution in [0.2, 0.25) is 0 Å². The van der Waals surface area contributed by atoms with Gasteiger partial charge in [0.15, 0.2) is 0 Å². The molecule has 142 valence electrons. The highest BCUT2D eigenvalue weighted by atomic mass is 79.9. The maximum atomic E-state index is 13.0. The molecular weight excluding hydrogens is 434 g/mol. The van der Waals surface area contributed by atoms with Crippen LogP contribution in [0.4, 0.5) is 5.69 Å². The van der Waals surface area contributed by atoms with Gasteiger partial charge in [-0.2, -0.15) is 5.26 Å². The third-order valence-electron chi connectivity index (χ3n) is 5.28. The number of benzene rings is 2. The Morgan fingerprint density at radius 3 is 2.54 bits per heavy atom. The van der Waals surface area contributed by atoms with Crippen LogP contribution in [0.3, 0.4) is 0 Å². The number of rotatable bonds is 3. The number of thioether (sulfide) groups is 1. The summed E-state index contributed by atoms with van der Waals surface area (Å²) in [4.78, 5) is 16.9. The van der Waals surface area contributed by atoms with Crippen molar-refractivity contribution >= 4 is 39.3 Å². The van der Waals surface area contributed by atoms with Crippen LogP contribution in [0.5, 0.6) is 0 Å². The highest BCUT2D eigenvalue weighted by Crippen LogP contribution is 2.43. The van der Waals surface area contributed by atoms with E-state index in [0.717, 1.165) is 27.2 Å². The molecule has 0 radical (unpaired) electrons. The first-order valence-corrected chi connectivity index (χ1v) is 11.1. The molecule has 2 aliphatic heterocycles. The van der Waals surface area contributed by atoms with E-state index in [0.29, 0.717) is 24.5 Å². The van der Waals surface area contributed by atoms with Crippen molar-refractivity contribution in [3.8, 4) is 6.07 Å². The van der Waals surface area contributed by atoms with E-state index in [9.17, 15) is 10.1 Å². The second-order valence-electron chi connectivity index (χ2n) is 6.94. The Balaban J connectivity index is 1.63.